The third-order valence-corrected chi connectivity index (χ3v) is 5.08. The summed E-state index contributed by atoms with van der Waals surface area (Å²) in [6, 6.07) is 8.17. The zero-order valence-electron chi connectivity index (χ0n) is 10.5. The lowest BCUT2D eigenvalue weighted by atomic mass is 10.0. The van der Waals surface area contributed by atoms with Crippen LogP contribution in [0.15, 0.2) is 24.3 Å². The Labute approximate surface area is 109 Å². The van der Waals surface area contributed by atoms with Crippen LogP contribution in [0, 0.1) is 0 Å². The van der Waals surface area contributed by atoms with Gasteiger partial charge in [0.25, 0.3) is 0 Å². The van der Waals surface area contributed by atoms with Crippen molar-refractivity contribution in [2.45, 2.75) is 13.0 Å². The van der Waals surface area contributed by atoms with Gasteiger partial charge in [0.15, 0.2) is 9.84 Å². The van der Waals surface area contributed by atoms with Crippen molar-refractivity contribution in [3.63, 3.8) is 0 Å². The van der Waals surface area contributed by atoms with Gasteiger partial charge < -0.3 is 10.6 Å². The van der Waals surface area contributed by atoms with Crippen LogP contribution < -0.4 is 5.73 Å². The molecular formula is C13H20N2O2S. The fraction of sp³-hybridized carbons (Fsp3) is 0.538. The van der Waals surface area contributed by atoms with Crippen LogP contribution in [0.5, 0.6) is 0 Å². The molecule has 2 rings (SSSR count). The molecule has 0 spiro atoms. The number of hydrogen-bond donors (Lipinski definition) is 1. The zero-order chi connectivity index (χ0) is 13.0. The number of benzene rings is 1. The third-order valence-electron chi connectivity index (χ3n) is 3.47. The van der Waals surface area contributed by atoms with E-state index in [1.807, 2.05) is 12.1 Å². The Hall–Kier alpha value is -0.910. The highest BCUT2D eigenvalue weighted by atomic mass is 32.2. The van der Waals surface area contributed by atoms with Gasteiger partial charge in [-0.25, -0.2) is 8.42 Å². The molecule has 0 amide bonds. The Balaban J connectivity index is 1.89. The minimum atomic E-state index is -2.77. The summed E-state index contributed by atoms with van der Waals surface area (Å²) in [6.07, 6.45) is 0.938. The molecule has 1 saturated heterocycles. The van der Waals surface area contributed by atoms with E-state index >= 15 is 0 Å². The number of nitrogens with two attached hydrogens (primary N) is 1. The normalized spacial score (nSPS) is 19.8. The van der Waals surface area contributed by atoms with Crippen LogP contribution in [0.4, 0.5) is 0 Å². The first-order chi connectivity index (χ1) is 8.61. The van der Waals surface area contributed by atoms with Gasteiger partial charge in [-0.2, -0.15) is 0 Å². The highest BCUT2D eigenvalue weighted by Crippen LogP contribution is 2.11. The van der Waals surface area contributed by atoms with E-state index in [1.54, 1.807) is 0 Å². The maximum absolute atomic E-state index is 11.3. The first kappa shape index (κ1) is 13.5. The predicted octanol–water partition coefficient (Wildman–Crippen LogP) is 0.418. The molecule has 5 heteroatoms. The number of rotatable bonds is 4. The van der Waals surface area contributed by atoms with E-state index in [0.29, 0.717) is 31.1 Å². The highest BCUT2D eigenvalue weighted by molar-refractivity contribution is 7.91. The lowest BCUT2D eigenvalue weighted by Crippen LogP contribution is -2.41. The van der Waals surface area contributed by atoms with Crippen molar-refractivity contribution in [3.8, 4) is 0 Å². The Kier molecular flexibility index (Phi) is 4.37. The van der Waals surface area contributed by atoms with Gasteiger partial charge in [-0.3, -0.25) is 0 Å². The van der Waals surface area contributed by atoms with Gasteiger partial charge in [-0.15, -0.1) is 0 Å². The summed E-state index contributed by atoms with van der Waals surface area (Å²) in [5.41, 5.74) is 8.16. The molecule has 2 N–H and O–H groups in total. The molecule has 0 atom stereocenters. The molecule has 4 nitrogen and oxygen atoms in total. The van der Waals surface area contributed by atoms with Gasteiger partial charge in [0, 0.05) is 26.2 Å². The Morgan fingerprint density at radius 1 is 1.11 bits per heavy atom. The molecule has 1 heterocycles. The quantitative estimate of drug-likeness (QED) is 0.859. The molecule has 100 valence electrons. The molecule has 0 saturated carbocycles. The van der Waals surface area contributed by atoms with E-state index in [4.69, 9.17) is 5.73 Å². The van der Waals surface area contributed by atoms with Crippen LogP contribution in [-0.4, -0.2) is 44.5 Å². The van der Waals surface area contributed by atoms with Gasteiger partial charge in [-0.05, 0) is 17.5 Å². The lowest BCUT2D eigenvalue weighted by Gasteiger charge is -2.26. The fourth-order valence-electron chi connectivity index (χ4n) is 2.25. The Morgan fingerprint density at radius 3 is 2.33 bits per heavy atom. The Bertz CT molecular complexity index is 485. The van der Waals surface area contributed by atoms with Crippen LogP contribution in [0.25, 0.3) is 0 Å². The summed E-state index contributed by atoms with van der Waals surface area (Å²) in [5, 5.41) is 0. The highest BCUT2D eigenvalue weighted by Gasteiger charge is 2.21. The summed E-state index contributed by atoms with van der Waals surface area (Å²) in [4.78, 5) is 2.22. The molecule has 1 aromatic carbocycles. The van der Waals surface area contributed by atoms with E-state index in [1.165, 1.54) is 11.1 Å². The first-order valence-corrected chi connectivity index (χ1v) is 8.12. The van der Waals surface area contributed by atoms with Gasteiger partial charge >= 0.3 is 0 Å². The van der Waals surface area contributed by atoms with E-state index in [9.17, 15) is 8.42 Å². The topological polar surface area (TPSA) is 63.4 Å². The van der Waals surface area contributed by atoms with E-state index in [0.717, 1.165) is 13.0 Å². The van der Waals surface area contributed by atoms with Crippen LogP contribution >= 0.6 is 0 Å². The number of sulfone groups is 1. The molecule has 1 aromatic rings. The summed E-state index contributed by atoms with van der Waals surface area (Å²) in [5.74, 6) is 0.594. The molecule has 1 aliphatic heterocycles. The number of nitrogens with zero attached hydrogens (tertiary/aromatic N) is 1. The van der Waals surface area contributed by atoms with E-state index in [2.05, 4.69) is 17.0 Å². The molecule has 0 bridgehead atoms. The zero-order valence-corrected chi connectivity index (χ0v) is 11.3. The molecule has 0 aliphatic carbocycles. The monoisotopic (exact) mass is 268 g/mol. The van der Waals surface area contributed by atoms with Gasteiger partial charge in [-0.1, -0.05) is 24.3 Å². The maximum Gasteiger partial charge on any atom is 0.152 e. The first-order valence-electron chi connectivity index (χ1n) is 6.30. The summed E-state index contributed by atoms with van der Waals surface area (Å²) < 4.78 is 22.7. The van der Waals surface area contributed by atoms with E-state index < -0.39 is 9.84 Å². The van der Waals surface area contributed by atoms with Gasteiger partial charge in [0.05, 0.1) is 11.5 Å². The smallest absolute Gasteiger partial charge is 0.152 e. The minimum Gasteiger partial charge on any atom is -0.326 e. The van der Waals surface area contributed by atoms with Crippen molar-refractivity contribution in [1.29, 1.82) is 0 Å². The fourth-order valence-corrected chi connectivity index (χ4v) is 3.53. The third kappa shape index (κ3) is 3.54. The molecule has 18 heavy (non-hydrogen) atoms. The van der Waals surface area contributed by atoms with Crippen LogP contribution in [-0.2, 0) is 22.8 Å². The van der Waals surface area contributed by atoms with Gasteiger partial charge in [0.2, 0.25) is 0 Å². The minimum absolute atomic E-state index is 0.297. The second kappa shape index (κ2) is 5.82. The molecule has 0 unspecified atom stereocenters. The average molecular weight is 268 g/mol. The summed E-state index contributed by atoms with van der Waals surface area (Å²) >= 11 is 0. The lowest BCUT2D eigenvalue weighted by molar-refractivity contribution is 0.299. The summed E-state index contributed by atoms with van der Waals surface area (Å²) in [7, 11) is -2.77. The molecule has 0 aromatic heterocycles. The van der Waals surface area contributed by atoms with Crippen molar-refractivity contribution < 1.29 is 8.42 Å². The summed E-state index contributed by atoms with van der Waals surface area (Å²) in [6.45, 7) is 2.79. The maximum atomic E-state index is 11.3. The second-order valence-electron chi connectivity index (χ2n) is 4.72. The molecular weight excluding hydrogens is 248 g/mol. The van der Waals surface area contributed by atoms with Crippen molar-refractivity contribution in [3.05, 3.63) is 35.4 Å². The van der Waals surface area contributed by atoms with Crippen molar-refractivity contribution >= 4 is 9.84 Å². The van der Waals surface area contributed by atoms with Crippen LogP contribution in [0.3, 0.4) is 0 Å². The van der Waals surface area contributed by atoms with Crippen molar-refractivity contribution in [1.82, 2.24) is 4.90 Å². The predicted molar refractivity (Wildman–Crippen MR) is 73.1 cm³/mol. The van der Waals surface area contributed by atoms with Crippen molar-refractivity contribution in [2.75, 3.05) is 31.1 Å². The van der Waals surface area contributed by atoms with Crippen LogP contribution in [0.1, 0.15) is 11.1 Å². The SMILES string of the molecule is NCc1ccccc1CCN1CCS(=O)(=O)CC1. The average Bonchev–Trinajstić information content (AvgIpc) is 2.38. The molecule has 1 fully saturated rings. The largest absolute Gasteiger partial charge is 0.326 e. The van der Waals surface area contributed by atoms with Gasteiger partial charge in [0.1, 0.15) is 0 Å². The molecule has 0 radical (unpaired) electrons. The Morgan fingerprint density at radius 2 is 1.72 bits per heavy atom. The second-order valence-corrected chi connectivity index (χ2v) is 7.02. The van der Waals surface area contributed by atoms with Crippen molar-refractivity contribution in [2.24, 2.45) is 5.73 Å². The van der Waals surface area contributed by atoms with E-state index in [-0.39, 0.29) is 0 Å². The standard InChI is InChI=1S/C13H20N2O2S/c14-11-13-4-2-1-3-12(13)5-6-15-7-9-18(16,17)10-8-15/h1-4H,5-11,14H2. The van der Waals surface area contributed by atoms with Crippen LogP contribution in [0.2, 0.25) is 0 Å². The number of hydrogen-bond acceptors (Lipinski definition) is 4. The molecule has 1 aliphatic rings.